The molecule has 1 aromatic heterocycles. The number of nitrogens with one attached hydrogen (secondary N) is 1. The lowest BCUT2D eigenvalue weighted by molar-refractivity contribution is -0.137. The number of aryl methyl sites for hydroxylation is 1. The number of aromatic nitrogens is 4. The monoisotopic (exact) mass is 339 g/mol. The molecule has 1 aromatic carbocycles. The van der Waals surface area contributed by atoms with E-state index in [1.54, 1.807) is 17.8 Å². The summed E-state index contributed by atoms with van der Waals surface area (Å²) < 4.78 is 40.8. The van der Waals surface area contributed by atoms with E-state index in [1.165, 1.54) is 12.1 Å². The van der Waals surface area contributed by atoms with E-state index >= 15 is 0 Å². The molecule has 1 heterocycles. The minimum absolute atomic E-state index is 0.416. The van der Waals surface area contributed by atoms with Gasteiger partial charge in [0.15, 0.2) is 5.82 Å². The normalized spacial score (nSPS) is 17.8. The Morgan fingerprint density at radius 2 is 1.96 bits per heavy atom. The molecule has 1 aliphatic rings. The smallest absolute Gasteiger partial charge is 0.300 e. The molecule has 1 saturated carbocycles. The molecular weight excluding hydrogens is 319 g/mol. The summed E-state index contributed by atoms with van der Waals surface area (Å²) >= 11 is 0. The number of tetrazole rings is 1. The molecule has 8 heteroatoms. The molecule has 0 radical (unpaired) electrons. The Morgan fingerprint density at radius 1 is 1.21 bits per heavy atom. The first-order valence-electron chi connectivity index (χ1n) is 8.05. The van der Waals surface area contributed by atoms with Crippen LogP contribution < -0.4 is 5.32 Å². The minimum Gasteiger partial charge on any atom is -0.300 e. The number of alkyl halides is 3. The Balaban J connectivity index is 1.89. The van der Waals surface area contributed by atoms with E-state index in [-0.39, 0.29) is 0 Å². The maximum Gasteiger partial charge on any atom is 0.416 e. The Bertz CT molecular complexity index is 689. The molecule has 130 valence electrons. The van der Waals surface area contributed by atoms with Gasteiger partial charge in [0, 0.05) is 12.6 Å². The summed E-state index contributed by atoms with van der Waals surface area (Å²) in [7, 11) is 1.74. The summed E-state index contributed by atoms with van der Waals surface area (Å²) in [5, 5.41) is 14.8. The lowest BCUT2D eigenvalue weighted by atomic mass is 9.76. The van der Waals surface area contributed by atoms with Crippen molar-refractivity contribution in [1.29, 1.82) is 0 Å². The van der Waals surface area contributed by atoms with Gasteiger partial charge in [-0.3, -0.25) is 0 Å². The molecule has 3 rings (SSSR count). The summed E-state index contributed by atoms with van der Waals surface area (Å²) in [5.41, 5.74) is -0.384. The summed E-state index contributed by atoms with van der Waals surface area (Å²) in [6.45, 7) is 0.416. The number of rotatable bonds is 4. The first kappa shape index (κ1) is 16.9. The molecule has 0 amide bonds. The van der Waals surface area contributed by atoms with Crippen LogP contribution in [0.15, 0.2) is 24.3 Å². The van der Waals surface area contributed by atoms with Crippen molar-refractivity contribution in [1.82, 2.24) is 25.5 Å². The van der Waals surface area contributed by atoms with Crippen LogP contribution in [0.3, 0.4) is 0 Å². The summed E-state index contributed by atoms with van der Waals surface area (Å²) in [6, 6.07) is 5.66. The van der Waals surface area contributed by atoms with Gasteiger partial charge in [-0.15, -0.1) is 5.10 Å². The van der Waals surface area contributed by atoms with Gasteiger partial charge in [-0.2, -0.15) is 13.2 Å². The van der Waals surface area contributed by atoms with Crippen molar-refractivity contribution in [2.45, 2.75) is 50.4 Å². The molecule has 0 bridgehead atoms. The van der Waals surface area contributed by atoms with E-state index in [9.17, 15) is 13.2 Å². The van der Waals surface area contributed by atoms with Gasteiger partial charge in [0.1, 0.15) is 0 Å². The van der Waals surface area contributed by atoms with Crippen LogP contribution in [0.5, 0.6) is 0 Å². The standard InChI is InChI=1S/C16H20F3N5/c1-24-14(21-22-23-24)11-20-15(8-3-2-4-9-15)12-6-5-7-13(10-12)16(17,18)19/h5-7,10,20H,2-4,8-9,11H2,1H3. The third-order valence-electron chi connectivity index (χ3n) is 4.74. The number of benzene rings is 1. The second-order valence-corrected chi connectivity index (χ2v) is 6.29. The van der Waals surface area contributed by atoms with Crippen molar-refractivity contribution in [3.05, 3.63) is 41.2 Å². The van der Waals surface area contributed by atoms with Crippen LogP contribution in [0.25, 0.3) is 0 Å². The second kappa shape index (κ2) is 6.51. The Labute approximate surface area is 138 Å². The SMILES string of the molecule is Cn1nnnc1CNC1(c2cccc(C(F)(F)F)c2)CCCCC1. The highest BCUT2D eigenvalue weighted by Gasteiger charge is 2.36. The first-order valence-corrected chi connectivity index (χ1v) is 8.05. The lowest BCUT2D eigenvalue weighted by Gasteiger charge is -2.39. The lowest BCUT2D eigenvalue weighted by Crippen LogP contribution is -2.44. The van der Waals surface area contributed by atoms with Crippen LogP contribution in [-0.4, -0.2) is 20.2 Å². The van der Waals surface area contributed by atoms with Gasteiger partial charge >= 0.3 is 6.18 Å². The minimum atomic E-state index is -4.33. The number of nitrogens with zero attached hydrogens (tertiary/aromatic N) is 4. The molecule has 0 aliphatic heterocycles. The van der Waals surface area contributed by atoms with Crippen LogP contribution in [0, 0.1) is 0 Å². The summed E-state index contributed by atoms with van der Waals surface area (Å²) in [5.74, 6) is 0.659. The van der Waals surface area contributed by atoms with Crippen molar-refractivity contribution in [3.63, 3.8) is 0 Å². The van der Waals surface area contributed by atoms with Crippen molar-refractivity contribution in [2.75, 3.05) is 0 Å². The van der Waals surface area contributed by atoms with Crippen molar-refractivity contribution < 1.29 is 13.2 Å². The van der Waals surface area contributed by atoms with E-state index in [1.807, 2.05) is 0 Å². The fraction of sp³-hybridized carbons (Fsp3) is 0.562. The third kappa shape index (κ3) is 3.43. The van der Waals surface area contributed by atoms with E-state index in [0.29, 0.717) is 17.9 Å². The van der Waals surface area contributed by atoms with Crippen molar-refractivity contribution in [2.24, 2.45) is 7.05 Å². The summed E-state index contributed by atoms with van der Waals surface area (Å²) in [6.07, 6.45) is 0.354. The van der Waals surface area contributed by atoms with Crippen LogP contribution in [0.4, 0.5) is 13.2 Å². The molecular formula is C16H20F3N5. The van der Waals surface area contributed by atoms with Gasteiger partial charge in [0.25, 0.3) is 0 Å². The highest BCUT2D eigenvalue weighted by atomic mass is 19.4. The van der Waals surface area contributed by atoms with Crippen LogP contribution in [-0.2, 0) is 25.3 Å². The molecule has 5 nitrogen and oxygen atoms in total. The second-order valence-electron chi connectivity index (χ2n) is 6.29. The topological polar surface area (TPSA) is 55.6 Å². The van der Waals surface area contributed by atoms with Crippen LogP contribution >= 0.6 is 0 Å². The largest absolute Gasteiger partial charge is 0.416 e. The molecule has 0 atom stereocenters. The maximum atomic E-state index is 13.1. The average Bonchev–Trinajstić information content (AvgIpc) is 2.98. The fourth-order valence-corrected chi connectivity index (χ4v) is 3.36. The molecule has 0 unspecified atom stereocenters. The van der Waals surface area contributed by atoms with Gasteiger partial charge < -0.3 is 5.32 Å². The fourth-order valence-electron chi connectivity index (χ4n) is 3.36. The zero-order valence-corrected chi connectivity index (χ0v) is 13.5. The zero-order chi connectivity index (χ0) is 17.2. The Hall–Kier alpha value is -1.96. The number of hydrogen-bond acceptors (Lipinski definition) is 4. The zero-order valence-electron chi connectivity index (χ0n) is 13.5. The van der Waals surface area contributed by atoms with E-state index in [4.69, 9.17) is 0 Å². The first-order chi connectivity index (χ1) is 11.4. The van der Waals surface area contributed by atoms with Gasteiger partial charge in [-0.1, -0.05) is 31.4 Å². The van der Waals surface area contributed by atoms with Crippen molar-refractivity contribution >= 4 is 0 Å². The highest BCUT2D eigenvalue weighted by Crippen LogP contribution is 2.39. The average molecular weight is 339 g/mol. The molecule has 2 aromatic rings. The Morgan fingerprint density at radius 3 is 2.58 bits per heavy atom. The number of hydrogen-bond donors (Lipinski definition) is 1. The number of halogens is 3. The van der Waals surface area contributed by atoms with E-state index in [2.05, 4.69) is 20.8 Å². The van der Waals surface area contributed by atoms with Gasteiger partial charge in [-0.05, 0) is 41.0 Å². The van der Waals surface area contributed by atoms with E-state index < -0.39 is 17.3 Å². The third-order valence-corrected chi connectivity index (χ3v) is 4.74. The molecule has 24 heavy (non-hydrogen) atoms. The highest BCUT2D eigenvalue weighted by molar-refractivity contribution is 5.32. The quantitative estimate of drug-likeness (QED) is 0.929. The van der Waals surface area contributed by atoms with Crippen molar-refractivity contribution in [3.8, 4) is 0 Å². The van der Waals surface area contributed by atoms with Gasteiger partial charge in [0.05, 0.1) is 12.1 Å². The molecule has 1 aliphatic carbocycles. The molecule has 1 fully saturated rings. The van der Waals surface area contributed by atoms with Gasteiger partial charge in [0.2, 0.25) is 0 Å². The Kier molecular flexibility index (Phi) is 4.58. The van der Waals surface area contributed by atoms with Crippen LogP contribution in [0.2, 0.25) is 0 Å². The maximum absolute atomic E-state index is 13.1. The molecule has 1 N–H and O–H groups in total. The predicted molar refractivity (Wildman–Crippen MR) is 81.8 cm³/mol. The van der Waals surface area contributed by atoms with Crippen LogP contribution in [0.1, 0.15) is 49.1 Å². The van der Waals surface area contributed by atoms with Gasteiger partial charge in [-0.25, -0.2) is 4.68 Å². The molecule has 0 saturated heterocycles. The molecule has 0 spiro atoms. The van der Waals surface area contributed by atoms with E-state index in [0.717, 1.165) is 38.2 Å². The summed E-state index contributed by atoms with van der Waals surface area (Å²) in [4.78, 5) is 0. The predicted octanol–water partition coefficient (Wildman–Crippen LogP) is 3.18.